The smallest absolute Gasteiger partial charge is 0.228 e. The number of nitrogens with one attached hydrogen (secondary N) is 2. The second kappa shape index (κ2) is 7.74. The van der Waals surface area contributed by atoms with Gasteiger partial charge in [-0.05, 0) is 48.9 Å². The molecule has 0 aliphatic heterocycles. The van der Waals surface area contributed by atoms with E-state index in [2.05, 4.69) is 15.5 Å². The molecule has 0 aliphatic carbocycles. The number of benzene rings is 2. The van der Waals surface area contributed by atoms with E-state index in [4.69, 9.17) is 9.47 Å². The molecule has 0 radical (unpaired) electrons. The maximum Gasteiger partial charge on any atom is 0.228 e. The van der Waals surface area contributed by atoms with Crippen LogP contribution in [-0.2, 0) is 11.2 Å². The molecule has 26 heavy (non-hydrogen) atoms. The van der Waals surface area contributed by atoms with E-state index in [1.54, 1.807) is 14.2 Å². The first-order valence-electron chi connectivity index (χ1n) is 8.23. The summed E-state index contributed by atoms with van der Waals surface area (Å²) in [6.45, 7) is 1.88. The zero-order valence-electron chi connectivity index (χ0n) is 15.0. The van der Waals surface area contributed by atoms with E-state index in [-0.39, 0.29) is 12.3 Å². The zero-order valence-corrected chi connectivity index (χ0v) is 15.0. The van der Waals surface area contributed by atoms with Gasteiger partial charge in [0.1, 0.15) is 17.2 Å². The number of hydrogen-bond donors (Lipinski definition) is 2. The lowest BCUT2D eigenvalue weighted by Gasteiger charge is -2.08. The van der Waals surface area contributed by atoms with Crippen molar-refractivity contribution in [3.63, 3.8) is 0 Å². The van der Waals surface area contributed by atoms with Gasteiger partial charge in [-0.2, -0.15) is 5.10 Å². The molecule has 6 heteroatoms. The van der Waals surface area contributed by atoms with Crippen molar-refractivity contribution in [2.45, 2.75) is 13.3 Å². The number of carbonyl (C=O) groups is 1. The molecule has 3 aromatic rings. The molecule has 134 valence electrons. The molecule has 1 amide bonds. The third-order valence-corrected chi connectivity index (χ3v) is 4.07. The summed E-state index contributed by atoms with van der Waals surface area (Å²) in [6, 6.07) is 15.0. The van der Waals surface area contributed by atoms with E-state index in [1.807, 2.05) is 55.5 Å². The fourth-order valence-corrected chi connectivity index (χ4v) is 2.69. The van der Waals surface area contributed by atoms with Gasteiger partial charge in [0.15, 0.2) is 0 Å². The van der Waals surface area contributed by atoms with Gasteiger partial charge in [-0.1, -0.05) is 12.1 Å². The molecule has 3 rings (SSSR count). The second-order valence-corrected chi connectivity index (χ2v) is 5.88. The van der Waals surface area contributed by atoms with Crippen LogP contribution >= 0.6 is 0 Å². The van der Waals surface area contributed by atoms with E-state index in [0.29, 0.717) is 11.4 Å². The minimum Gasteiger partial charge on any atom is -0.497 e. The van der Waals surface area contributed by atoms with Crippen LogP contribution in [-0.4, -0.2) is 30.3 Å². The average molecular weight is 351 g/mol. The average Bonchev–Trinajstić information content (AvgIpc) is 3.02. The first-order valence-corrected chi connectivity index (χ1v) is 8.23. The number of carbonyl (C=O) groups excluding carboxylic acids is 1. The maximum absolute atomic E-state index is 12.5. The van der Waals surface area contributed by atoms with Crippen LogP contribution in [0, 0.1) is 6.92 Å². The number of nitrogens with zero attached hydrogens (tertiary/aromatic N) is 1. The number of ether oxygens (including phenoxy) is 2. The first-order chi connectivity index (χ1) is 12.6. The predicted octanol–water partition coefficient (Wildman–Crippen LogP) is 3.58. The van der Waals surface area contributed by atoms with Gasteiger partial charge in [0.25, 0.3) is 0 Å². The van der Waals surface area contributed by atoms with Crippen molar-refractivity contribution in [2.75, 3.05) is 19.5 Å². The van der Waals surface area contributed by atoms with Gasteiger partial charge < -0.3 is 14.8 Å². The van der Waals surface area contributed by atoms with Crippen LogP contribution in [0.4, 0.5) is 5.69 Å². The molecule has 0 fully saturated rings. The van der Waals surface area contributed by atoms with Crippen LogP contribution in [0.1, 0.15) is 11.3 Å². The first kappa shape index (κ1) is 17.5. The molecular formula is C20H21N3O3. The minimum absolute atomic E-state index is 0.113. The summed E-state index contributed by atoms with van der Waals surface area (Å²) < 4.78 is 10.4. The number of aromatic amines is 1. The Bertz CT molecular complexity index is 901. The van der Waals surface area contributed by atoms with E-state index in [1.165, 1.54) is 0 Å². The second-order valence-electron chi connectivity index (χ2n) is 5.88. The van der Waals surface area contributed by atoms with Crippen molar-refractivity contribution in [1.29, 1.82) is 0 Å². The van der Waals surface area contributed by atoms with Crippen LogP contribution < -0.4 is 14.8 Å². The largest absolute Gasteiger partial charge is 0.497 e. The Morgan fingerprint density at radius 2 is 1.81 bits per heavy atom. The Morgan fingerprint density at radius 1 is 1.08 bits per heavy atom. The lowest BCUT2D eigenvalue weighted by Crippen LogP contribution is -2.15. The highest BCUT2D eigenvalue weighted by atomic mass is 16.5. The van der Waals surface area contributed by atoms with Gasteiger partial charge in [0.2, 0.25) is 5.91 Å². The number of aryl methyl sites for hydroxylation is 1. The highest BCUT2D eigenvalue weighted by molar-refractivity contribution is 5.96. The lowest BCUT2D eigenvalue weighted by atomic mass is 10.1. The quantitative estimate of drug-likeness (QED) is 0.712. The SMILES string of the molecule is COc1ccc(-c2n[nH]c(C)c2NC(=O)Cc2cccc(OC)c2)cc1. The van der Waals surface area contributed by atoms with Crippen molar-refractivity contribution in [2.24, 2.45) is 0 Å². The Kier molecular flexibility index (Phi) is 5.22. The van der Waals surface area contributed by atoms with Gasteiger partial charge in [-0.3, -0.25) is 9.89 Å². The van der Waals surface area contributed by atoms with Gasteiger partial charge >= 0.3 is 0 Å². The van der Waals surface area contributed by atoms with Crippen molar-refractivity contribution in [3.8, 4) is 22.8 Å². The topological polar surface area (TPSA) is 76.2 Å². The third-order valence-electron chi connectivity index (χ3n) is 4.07. The summed E-state index contributed by atoms with van der Waals surface area (Å²) in [6.07, 6.45) is 0.254. The number of anilines is 1. The van der Waals surface area contributed by atoms with Crippen LogP contribution in [0.25, 0.3) is 11.3 Å². The molecule has 2 aromatic carbocycles. The zero-order chi connectivity index (χ0) is 18.5. The lowest BCUT2D eigenvalue weighted by molar-refractivity contribution is -0.115. The Hall–Kier alpha value is -3.28. The van der Waals surface area contributed by atoms with E-state index < -0.39 is 0 Å². The van der Waals surface area contributed by atoms with Crippen molar-refractivity contribution in [1.82, 2.24) is 10.2 Å². The standard InChI is InChI=1S/C20H21N3O3/c1-13-19(20(23-22-13)15-7-9-16(25-2)10-8-15)21-18(24)12-14-5-4-6-17(11-14)26-3/h4-11H,12H2,1-3H3,(H,21,24)(H,22,23). The highest BCUT2D eigenvalue weighted by Gasteiger charge is 2.15. The van der Waals surface area contributed by atoms with Gasteiger partial charge in [-0.25, -0.2) is 0 Å². The van der Waals surface area contributed by atoms with Crippen LogP contribution in [0.5, 0.6) is 11.5 Å². The highest BCUT2D eigenvalue weighted by Crippen LogP contribution is 2.29. The number of amides is 1. The Morgan fingerprint density at radius 3 is 2.50 bits per heavy atom. The summed E-state index contributed by atoms with van der Waals surface area (Å²) in [4.78, 5) is 12.5. The summed E-state index contributed by atoms with van der Waals surface area (Å²) in [5.74, 6) is 1.39. The molecule has 0 saturated heterocycles. The molecule has 0 atom stereocenters. The predicted molar refractivity (Wildman–Crippen MR) is 101 cm³/mol. The molecule has 0 bridgehead atoms. The van der Waals surface area contributed by atoms with Crippen LogP contribution in [0.15, 0.2) is 48.5 Å². The molecule has 0 saturated carbocycles. The molecule has 0 aliphatic rings. The summed E-state index contributed by atoms with van der Waals surface area (Å²) in [5.41, 5.74) is 3.96. The maximum atomic E-state index is 12.5. The molecule has 2 N–H and O–H groups in total. The van der Waals surface area contributed by atoms with Crippen molar-refractivity contribution in [3.05, 3.63) is 59.8 Å². The molecule has 6 nitrogen and oxygen atoms in total. The Labute approximate surface area is 152 Å². The van der Waals surface area contributed by atoms with Crippen molar-refractivity contribution < 1.29 is 14.3 Å². The number of hydrogen-bond acceptors (Lipinski definition) is 4. The monoisotopic (exact) mass is 351 g/mol. The van der Waals surface area contributed by atoms with Gasteiger partial charge in [-0.15, -0.1) is 0 Å². The van der Waals surface area contributed by atoms with E-state index in [9.17, 15) is 4.79 Å². The Balaban J connectivity index is 1.78. The molecule has 1 aromatic heterocycles. The number of aromatic nitrogens is 2. The molecule has 1 heterocycles. The molecule has 0 unspecified atom stereocenters. The van der Waals surface area contributed by atoms with Gasteiger partial charge in [0.05, 0.1) is 32.0 Å². The molecular weight excluding hydrogens is 330 g/mol. The number of methoxy groups -OCH3 is 2. The van der Waals surface area contributed by atoms with E-state index >= 15 is 0 Å². The number of rotatable bonds is 6. The van der Waals surface area contributed by atoms with Gasteiger partial charge in [0, 0.05) is 5.56 Å². The minimum atomic E-state index is -0.113. The normalized spacial score (nSPS) is 10.4. The van der Waals surface area contributed by atoms with E-state index in [0.717, 1.165) is 28.3 Å². The van der Waals surface area contributed by atoms with Crippen LogP contribution in [0.2, 0.25) is 0 Å². The fraction of sp³-hybridized carbons (Fsp3) is 0.200. The van der Waals surface area contributed by atoms with Crippen molar-refractivity contribution >= 4 is 11.6 Å². The van der Waals surface area contributed by atoms with Crippen LogP contribution in [0.3, 0.4) is 0 Å². The fourth-order valence-electron chi connectivity index (χ4n) is 2.69. The third kappa shape index (κ3) is 3.85. The summed E-state index contributed by atoms with van der Waals surface area (Å²) in [5, 5.41) is 10.2. The molecule has 0 spiro atoms. The summed E-state index contributed by atoms with van der Waals surface area (Å²) in [7, 11) is 3.23. The number of H-pyrrole nitrogens is 1. The summed E-state index contributed by atoms with van der Waals surface area (Å²) >= 11 is 0.